The standard InChI is InChI=1S/C15H21NO4/c1-2-11(17)13-15(19)7-5-10(6-8-15)16(13)14(18)12-4-3-9-20-12/h3-4,9-11,13,17,19H,2,5-8H2,1H3/t10?,11-,13-,15?/m0/s1. The highest BCUT2D eigenvalue weighted by molar-refractivity contribution is 5.92. The number of nitrogens with zero attached hydrogens (tertiary/aromatic N) is 1. The molecule has 2 atom stereocenters. The second-order valence-electron chi connectivity index (χ2n) is 5.94. The molecule has 2 aliphatic heterocycles. The summed E-state index contributed by atoms with van der Waals surface area (Å²) in [5.74, 6) is 0.0461. The summed E-state index contributed by atoms with van der Waals surface area (Å²) in [6, 6.07) is 2.87. The third-order valence-corrected chi connectivity index (χ3v) is 4.81. The molecule has 3 heterocycles. The van der Waals surface area contributed by atoms with Crippen molar-refractivity contribution in [3.8, 4) is 0 Å². The van der Waals surface area contributed by atoms with Gasteiger partial charge in [0.15, 0.2) is 5.76 Å². The van der Waals surface area contributed by atoms with Crippen molar-refractivity contribution in [2.24, 2.45) is 0 Å². The van der Waals surface area contributed by atoms with E-state index in [1.807, 2.05) is 6.92 Å². The van der Waals surface area contributed by atoms with Crippen LogP contribution in [0.4, 0.5) is 0 Å². The molecule has 2 N–H and O–H groups in total. The molecule has 0 spiro atoms. The number of furan rings is 1. The van der Waals surface area contributed by atoms with E-state index in [-0.39, 0.29) is 17.7 Å². The third kappa shape index (κ3) is 1.96. The van der Waals surface area contributed by atoms with Crippen LogP contribution in [0.5, 0.6) is 0 Å². The van der Waals surface area contributed by atoms with Gasteiger partial charge in [-0.3, -0.25) is 4.79 Å². The van der Waals surface area contributed by atoms with Crippen molar-refractivity contribution >= 4 is 5.91 Å². The smallest absolute Gasteiger partial charge is 0.290 e. The molecule has 1 aliphatic carbocycles. The van der Waals surface area contributed by atoms with Crippen molar-refractivity contribution in [2.75, 3.05) is 0 Å². The van der Waals surface area contributed by atoms with Gasteiger partial charge in [-0.25, -0.2) is 0 Å². The summed E-state index contributed by atoms with van der Waals surface area (Å²) in [6.07, 6.45) is 4.16. The Morgan fingerprint density at radius 3 is 2.80 bits per heavy atom. The van der Waals surface area contributed by atoms with Crippen LogP contribution in [0.3, 0.4) is 0 Å². The van der Waals surface area contributed by atoms with Gasteiger partial charge in [0, 0.05) is 6.04 Å². The maximum Gasteiger partial charge on any atom is 0.290 e. The van der Waals surface area contributed by atoms with Crippen molar-refractivity contribution < 1.29 is 19.4 Å². The first-order chi connectivity index (χ1) is 9.57. The van der Waals surface area contributed by atoms with Crippen LogP contribution in [-0.2, 0) is 0 Å². The van der Waals surface area contributed by atoms with Crippen molar-refractivity contribution in [3.63, 3.8) is 0 Å². The quantitative estimate of drug-likeness (QED) is 0.880. The van der Waals surface area contributed by atoms with Gasteiger partial charge in [-0.05, 0) is 44.2 Å². The van der Waals surface area contributed by atoms with Crippen LogP contribution in [0.25, 0.3) is 0 Å². The van der Waals surface area contributed by atoms with E-state index < -0.39 is 17.7 Å². The van der Waals surface area contributed by atoms with Crippen LogP contribution in [0, 0.1) is 0 Å². The highest BCUT2D eigenvalue weighted by atomic mass is 16.3. The van der Waals surface area contributed by atoms with Crippen LogP contribution in [0.15, 0.2) is 22.8 Å². The molecule has 5 nitrogen and oxygen atoms in total. The zero-order valence-corrected chi connectivity index (χ0v) is 11.7. The summed E-state index contributed by atoms with van der Waals surface area (Å²) >= 11 is 0. The van der Waals surface area contributed by atoms with E-state index in [0.29, 0.717) is 19.3 Å². The topological polar surface area (TPSA) is 73.9 Å². The summed E-state index contributed by atoms with van der Waals surface area (Å²) < 4.78 is 5.20. The highest BCUT2D eigenvalue weighted by Gasteiger charge is 2.55. The predicted molar refractivity (Wildman–Crippen MR) is 72.2 cm³/mol. The fourth-order valence-corrected chi connectivity index (χ4v) is 3.75. The average molecular weight is 279 g/mol. The number of carbonyl (C=O) groups is 1. The number of fused-ring (bicyclic) bond motifs is 3. The monoisotopic (exact) mass is 279 g/mol. The number of hydrogen-bond acceptors (Lipinski definition) is 4. The molecule has 2 saturated heterocycles. The van der Waals surface area contributed by atoms with Gasteiger partial charge in [0.05, 0.1) is 24.0 Å². The number of aliphatic hydroxyl groups excluding tert-OH is 1. The van der Waals surface area contributed by atoms with E-state index >= 15 is 0 Å². The van der Waals surface area contributed by atoms with E-state index in [1.165, 1.54) is 6.26 Å². The lowest BCUT2D eigenvalue weighted by Gasteiger charge is -2.57. The summed E-state index contributed by atoms with van der Waals surface area (Å²) in [7, 11) is 0. The molecule has 1 amide bonds. The zero-order valence-electron chi connectivity index (χ0n) is 11.7. The summed E-state index contributed by atoms with van der Waals surface area (Å²) in [6.45, 7) is 1.87. The molecular formula is C15H21NO4. The molecule has 2 bridgehead atoms. The lowest BCUT2D eigenvalue weighted by molar-refractivity contribution is -0.161. The first kappa shape index (κ1) is 13.6. The highest BCUT2D eigenvalue weighted by Crippen LogP contribution is 2.44. The van der Waals surface area contributed by atoms with E-state index in [2.05, 4.69) is 0 Å². The van der Waals surface area contributed by atoms with E-state index in [9.17, 15) is 15.0 Å². The van der Waals surface area contributed by atoms with Crippen LogP contribution >= 0.6 is 0 Å². The molecule has 0 unspecified atom stereocenters. The lowest BCUT2D eigenvalue weighted by Crippen LogP contribution is -2.69. The molecule has 3 fully saturated rings. The zero-order chi connectivity index (χ0) is 14.3. The van der Waals surface area contributed by atoms with Crippen molar-refractivity contribution in [3.05, 3.63) is 24.2 Å². The number of aliphatic hydroxyl groups is 2. The fraction of sp³-hybridized carbons (Fsp3) is 0.667. The summed E-state index contributed by atoms with van der Waals surface area (Å²) in [5, 5.41) is 21.1. The normalized spacial score (nSPS) is 34.2. The van der Waals surface area contributed by atoms with Crippen LogP contribution in [0.2, 0.25) is 0 Å². The Morgan fingerprint density at radius 2 is 2.25 bits per heavy atom. The number of piperidine rings is 2. The van der Waals surface area contributed by atoms with Gasteiger partial charge < -0.3 is 19.5 Å². The lowest BCUT2D eigenvalue weighted by atomic mass is 9.69. The Kier molecular flexibility index (Phi) is 3.34. The second-order valence-corrected chi connectivity index (χ2v) is 5.94. The Labute approximate surface area is 118 Å². The molecule has 20 heavy (non-hydrogen) atoms. The van der Waals surface area contributed by atoms with E-state index in [4.69, 9.17) is 4.42 Å². The van der Waals surface area contributed by atoms with E-state index in [0.717, 1.165) is 12.8 Å². The van der Waals surface area contributed by atoms with Crippen LogP contribution < -0.4 is 0 Å². The Morgan fingerprint density at radius 1 is 1.55 bits per heavy atom. The van der Waals surface area contributed by atoms with Gasteiger partial charge in [-0.15, -0.1) is 0 Å². The van der Waals surface area contributed by atoms with Crippen molar-refractivity contribution in [1.29, 1.82) is 0 Å². The average Bonchev–Trinajstić information content (AvgIpc) is 2.99. The number of amides is 1. The van der Waals surface area contributed by atoms with E-state index in [1.54, 1.807) is 17.0 Å². The minimum Gasteiger partial charge on any atom is -0.459 e. The van der Waals surface area contributed by atoms with Crippen LogP contribution in [0.1, 0.15) is 49.6 Å². The molecule has 4 rings (SSSR count). The summed E-state index contributed by atoms with van der Waals surface area (Å²) in [5.41, 5.74) is -0.966. The van der Waals surface area contributed by atoms with Crippen LogP contribution in [-0.4, -0.2) is 44.8 Å². The Hall–Kier alpha value is -1.33. The first-order valence-electron chi connectivity index (χ1n) is 7.33. The van der Waals surface area contributed by atoms with Gasteiger partial charge in [-0.1, -0.05) is 6.92 Å². The Bertz CT molecular complexity index is 476. The van der Waals surface area contributed by atoms with Gasteiger partial charge in [0.1, 0.15) is 0 Å². The molecule has 3 aliphatic rings. The molecular weight excluding hydrogens is 258 g/mol. The summed E-state index contributed by atoms with van der Waals surface area (Å²) in [4.78, 5) is 14.3. The molecule has 0 aromatic carbocycles. The Balaban J connectivity index is 1.96. The number of rotatable bonds is 3. The number of hydrogen-bond donors (Lipinski definition) is 2. The van der Waals surface area contributed by atoms with Gasteiger partial charge >= 0.3 is 0 Å². The van der Waals surface area contributed by atoms with Crippen molar-refractivity contribution in [2.45, 2.75) is 62.8 Å². The third-order valence-electron chi connectivity index (χ3n) is 4.81. The molecule has 0 radical (unpaired) electrons. The SMILES string of the molecule is CC[C@H](O)[C@@H]1N(C(=O)c2ccco2)C2CCC1(O)CC2. The first-order valence-corrected chi connectivity index (χ1v) is 7.33. The predicted octanol–water partition coefficient (Wildman–Crippen LogP) is 1.55. The maximum atomic E-state index is 12.6. The number of carbonyl (C=O) groups excluding carboxylic acids is 1. The van der Waals surface area contributed by atoms with Gasteiger partial charge in [0.2, 0.25) is 0 Å². The molecule has 110 valence electrons. The molecule has 1 aromatic heterocycles. The maximum absolute atomic E-state index is 12.6. The minimum atomic E-state index is -0.966. The second kappa shape index (κ2) is 4.90. The minimum absolute atomic E-state index is 0.0906. The molecule has 1 saturated carbocycles. The largest absolute Gasteiger partial charge is 0.459 e. The van der Waals surface area contributed by atoms with Gasteiger partial charge in [-0.2, -0.15) is 0 Å². The van der Waals surface area contributed by atoms with Crippen molar-refractivity contribution in [1.82, 2.24) is 4.90 Å². The molecule has 5 heteroatoms. The molecule has 1 aromatic rings. The van der Waals surface area contributed by atoms with Gasteiger partial charge in [0.25, 0.3) is 5.91 Å². The fourth-order valence-electron chi connectivity index (χ4n) is 3.75.